The minimum absolute atomic E-state index is 0.0621. The molecule has 2 N–H and O–H groups in total. The fraction of sp³-hybridized carbons (Fsp3) is 0.529. The van der Waals surface area contributed by atoms with Gasteiger partial charge in [0.05, 0.1) is 6.61 Å². The zero-order chi connectivity index (χ0) is 16.1. The number of carbonyl (C=O) groups excluding carboxylic acids is 2. The lowest BCUT2D eigenvalue weighted by atomic mass is 9.88. The quantitative estimate of drug-likeness (QED) is 0.616. The van der Waals surface area contributed by atoms with Crippen molar-refractivity contribution in [1.29, 1.82) is 0 Å². The van der Waals surface area contributed by atoms with Crippen LogP contribution in [-0.4, -0.2) is 48.6 Å². The molecule has 23 heavy (non-hydrogen) atoms. The first kappa shape index (κ1) is 15.8. The van der Waals surface area contributed by atoms with Crippen LogP contribution in [0, 0.1) is 0 Å². The van der Waals surface area contributed by atoms with Crippen LogP contribution in [0.2, 0.25) is 0 Å². The Kier molecular flexibility index (Phi) is 4.81. The largest absolute Gasteiger partial charge is 0.494 e. The monoisotopic (exact) mass is 317 g/mol. The molecule has 124 valence electrons. The molecule has 0 bridgehead atoms. The van der Waals surface area contributed by atoms with Gasteiger partial charge >= 0.3 is 6.03 Å². The molecule has 0 unspecified atom stereocenters. The number of benzene rings is 1. The van der Waals surface area contributed by atoms with E-state index in [0.29, 0.717) is 26.0 Å². The van der Waals surface area contributed by atoms with Crippen molar-refractivity contribution in [2.75, 3.05) is 26.2 Å². The van der Waals surface area contributed by atoms with Crippen molar-refractivity contribution >= 4 is 11.9 Å². The molecule has 1 spiro atoms. The Morgan fingerprint density at radius 2 is 1.83 bits per heavy atom. The maximum Gasteiger partial charge on any atom is 0.325 e. The topological polar surface area (TPSA) is 70.7 Å². The predicted octanol–water partition coefficient (Wildman–Crippen LogP) is 1.52. The second-order valence-corrected chi connectivity index (χ2v) is 6.09. The number of ether oxygens (including phenoxy) is 1. The van der Waals surface area contributed by atoms with E-state index in [-0.39, 0.29) is 11.9 Å². The van der Waals surface area contributed by atoms with Gasteiger partial charge in [0.2, 0.25) is 0 Å². The lowest BCUT2D eigenvalue weighted by molar-refractivity contribution is -0.132. The van der Waals surface area contributed by atoms with Gasteiger partial charge in [0, 0.05) is 6.54 Å². The van der Waals surface area contributed by atoms with Crippen LogP contribution < -0.4 is 15.4 Å². The van der Waals surface area contributed by atoms with E-state index in [1.807, 2.05) is 30.3 Å². The molecule has 0 aromatic heterocycles. The van der Waals surface area contributed by atoms with Gasteiger partial charge < -0.3 is 15.4 Å². The summed E-state index contributed by atoms with van der Waals surface area (Å²) in [5.41, 5.74) is -0.664. The third-order valence-electron chi connectivity index (χ3n) is 4.49. The third-order valence-corrected chi connectivity index (χ3v) is 4.49. The molecule has 6 nitrogen and oxygen atoms in total. The average Bonchev–Trinajstić information content (AvgIpc) is 2.80. The molecule has 3 rings (SSSR count). The van der Waals surface area contributed by atoms with E-state index in [4.69, 9.17) is 4.74 Å². The van der Waals surface area contributed by atoms with Crippen LogP contribution in [0.4, 0.5) is 4.79 Å². The maximum absolute atomic E-state index is 12.6. The first-order chi connectivity index (χ1) is 11.2. The molecule has 1 aromatic rings. The van der Waals surface area contributed by atoms with E-state index < -0.39 is 5.54 Å². The van der Waals surface area contributed by atoms with Crippen LogP contribution in [0.15, 0.2) is 30.3 Å². The standard InChI is InChI=1S/C17H23N3O3/c21-15-17(8-10-18-11-9-17)19-16(22)20(15)12-4-5-13-23-14-6-2-1-3-7-14/h1-3,6-7,18H,4-5,8-13H2,(H,19,22). The Morgan fingerprint density at radius 1 is 1.09 bits per heavy atom. The van der Waals surface area contributed by atoms with Gasteiger partial charge in [-0.2, -0.15) is 0 Å². The smallest absolute Gasteiger partial charge is 0.325 e. The van der Waals surface area contributed by atoms with E-state index in [0.717, 1.165) is 31.7 Å². The summed E-state index contributed by atoms with van der Waals surface area (Å²) < 4.78 is 5.62. The fourth-order valence-electron chi connectivity index (χ4n) is 3.15. The Bertz CT molecular complexity index is 555. The lowest BCUT2D eigenvalue weighted by Gasteiger charge is -2.31. The van der Waals surface area contributed by atoms with Gasteiger partial charge in [-0.1, -0.05) is 18.2 Å². The number of nitrogens with zero attached hydrogens (tertiary/aromatic N) is 1. The molecule has 1 aromatic carbocycles. The highest BCUT2D eigenvalue weighted by Gasteiger charge is 2.50. The number of rotatable bonds is 6. The number of hydrogen-bond acceptors (Lipinski definition) is 4. The van der Waals surface area contributed by atoms with Crippen LogP contribution in [0.25, 0.3) is 0 Å². The van der Waals surface area contributed by atoms with E-state index >= 15 is 0 Å². The van der Waals surface area contributed by atoms with Crippen LogP contribution in [0.5, 0.6) is 5.75 Å². The summed E-state index contributed by atoms with van der Waals surface area (Å²) in [6, 6.07) is 9.39. The summed E-state index contributed by atoms with van der Waals surface area (Å²) in [7, 11) is 0. The molecule has 2 aliphatic rings. The molecule has 0 atom stereocenters. The molecule has 2 fully saturated rings. The number of nitrogens with one attached hydrogen (secondary N) is 2. The van der Waals surface area contributed by atoms with Gasteiger partial charge in [-0.15, -0.1) is 0 Å². The molecule has 0 saturated carbocycles. The summed E-state index contributed by atoms with van der Waals surface area (Å²) in [5.74, 6) is 0.782. The Labute approximate surface area is 136 Å². The first-order valence-corrected chi connectivity index (χ1v) is 8.24. The predicted molar refractivity (Wildman–Crippen MR) is 86.3 cm³/mol. The van der Waals surface area contributed by atoms with Crippen LogP contribution >= 0.6 is 0 Å². The first-order valence-electron chi connectivity index (χ1n) is 8.24. The summed E-state index contributed by atoms with van der Waals surface area (Å²) in [5, 5.41) is 6.13. The molecule has 6 heteroatoms. The van der Waals surface area contributed by atoms with Gasteiger partial charge in [0.25, 0.3) is 5.91 Å². The zero-order valence-corrected chi connectivity index (χ0v) is 13.2. The number of para-hydroxylation sites is 1. The molecular weight excluding hydrogens is 294 g/mol. The van der Waals surface area contributed by atoms with Gasteiger partial charge in [0.1, 0.15) is 11.3 Å². The van der Waals surface area contributed by atoms with Gasteiger partial charge in [0.15, 0.2) is 0 Å². The average molecular weight is 317 g/mol. The molecule has 0 aliphatic carbocycles. The van der Waals surface area contributed by atoms with Crippen LogP contribution in [-0.2, 0) is 4.79 Å². The third kappa shape index (κ3) is 3.47. The number of piperidine rings is 1. The van der Waals surface area contributed by atoms with Gasteiger partial charge in [-0.25, -0.2) is 4.79 Å². The highest BCUT2D eigenvalue weighted by Crippen LogP contribution is 2.27. The van der Waals surface area contributed by atoms with E-state index in [9.17, 15) is 9.59 Å². The summed E-state index contributed by atoms with van der Waals surface area (Å²) in [4.78, 5) is 26.0. The van der Waals surface area contributed by atoms with Crippen molar-refractivity contribution < 1.29 is 14.3 Å². The second-order valence-electron chi connectivity index (χ2n) is 6.09. The molecule has 2 saturated heterocycles. The Hall–Kier alpha value is -2.08. The highest BCUT2D eigenvalue weighted by molar-refractivity contribution is 6.07. The van der Waals surface area contributed by atoms with E-state index in [1.165, 1.54) is 4.90 Å². The molecule has 2 aliphatic heterocycles. The van der Waals surface area contributed by atoms with Crippen LogP contribution in [0.3, 0.4) is 0 Å². The normalized spacial score (nSPS) is 19.9. The van der Waals surface area contributed by atoms with Crippen molar-refractivity contribution in [2.45, 2.75) is 31.2 Å². The molecular formula is C17H23N3O3. The number of urea groups is 1. The molecule has 0 radical (unpaired) electrons. The van der Waals surface area contributed by atoms with Crippen molar-refractivity contribution in [1.82, 2.24) is 15.5 Å². The number of imide groups is 1. The SMILES string of the molecule is O=C1NC2(CCNCC2)C(=O)N1CCCCOc1ccccc1. The van der Waals surface area contributed by atoms with Gasteiger partial charge in [-0.05, 0) is 50.9 Å². The van der Waals surface area contributed by atoms with E-state index in [1.54, 1.807) is 0 Å². The summed E-state index contributed by atoms with van der Waals surface area (Å²) in [6.45, 7) is 2.58. The fourth-order valence-corrected chi connectivity index (χ4v) is 3.15. The second kappa shape index (κ2) is 7.00. The number of amides is 3. The summed E-state index contributed by atoms with van der Waals surface area (Å²) in [6.07, 6.45) is 2.90. The van der Waals surface area contributed by atoms with Crippen LogP contribution in [0.1, 0.15) is 25.7 Å². The van der Waals surface area contributed by atoms with Crippen molar-refractivity contribution in [3.05, 3.63) is 30.3 Å². The van der Waals surface area contributed by atoms with Crippen molar-refractivity contribution in [3.8, 4) is 5.75 Å². The number of carbonyl (C=O) groups is 2. The molecule has 3 amide bonds. The van der Waals surface area contributed by atoms with Crippen molar-refractivity contribution in [3.63, 3.8) is 0 Å². The van der Waals surface area contributed by atoms with Gasteiger partial charge in [-0.3, -0.25) is 9.69 Å². The zero-order valence-electron chi connectivity index (χ0n) is 13.2. The maximum atomic E-state index is 12.6. The Balaban J connectivity index is 1.43. The van der Waals surface area contributed by atoms with E-state index in [2.05, 4.69) is 10.6 Å². The number of hydrogen-bond donors (Lipinski definition) is 2. The highest BCUT2D eigenvalue weighted by atomic mass is 16.5. The number of unbranched alkanes of at least 4 members (excludes halogenated alkanes) is 1. The minimum atomic E-state index is -0.664. The lowest BCUT2D eigenvalue weighted by Crippen LogP contribution is -2.53. The minimum Gasteiger partial charge on any atom is -0.494 e. The Morgan fingerprint density at radius 3 is 2.57 bits per heavy atom. The van der Waals surface area contributed by atoms with Crippen molar-refractivity contribution in [2.24, 2.45) is 0 Å². The molecule has 2 heterocycles. The summed E-state index contributed by atoms with van der Waals surface area (Å²) >= 11 is 0.